The summed E-state index contributed by atoms with van der Waals surface area (Å²) in [5.74, 6) is 0. The van der Waals surface area contributed by atoms with E-state index < -0.39 is 0 Å². The third-order valence-corrected chi connectivity index (χ3v) is 0. The first kappa shape index (κ1) is 45.3. The topological polar surface area (TPSA) is 0 Å². The molecule has 29 valence electrons. The van der Waals surface area contributed by atoms with Gasteiger partial charge in [-0.15, -0.1) is 0 Å². The smallest absolute Gasteiger partial charge is 0 e. The van der Waals surface area contributed by atoms with E-state index in [0.717, 1.165) is 0 Å². The summed E-state index contributed by atoms with van der Waals surface area (Å²) in [5.41, 5.74) is 0. The van der Waals surface area contributed by atoms with Crippen LogP contribution in [0.3, 0.4) is 0 Å². The summed E-state index contributed by atoms with van der Waals surface area (Å²) in [6.07, 6.45) is 0. The number of hydrogen-bond donors (Lipinski definition) is 0. The maximum atomic E-state index is 0. The van der Waals surface area contributed by atoms with Gasteiger partial charge < -0.3 is 40.5 Å². The Hall–Kier alpha value is 1.63. The van der Waals surface area contributed by atoms with E-state index in [1.807, 2.05) is 0 Å². The van der Waals surface area contributed by atoms with Crippen molar-refractivity contribution in [1.82, 2.24) is 0 Å². The number of hydrogen-bond acceptors (Lipinski definition) is 0. The Balaban J connectivity index is 0. The summed E-state index contributed by atoms with van der Waals surface area (Å²) in [5, 5.41) is 0. The van der Waals surface area contributed by atoms with Crippen LogP contribution in [0.2, 0.25) is 0 Å². The van der Waals surface area contributed by atoms with Crippen LogP contribution < -0.4 is 0 Å². The van der Waals surface area contributed by atoms with Crippen LogP contribution in [0.5, 0.6) is 0 Å². The van der Waals surface area contributed by atoms with Crippen LogP contribution in [0.1, 0.15) is 0 Å². The van der Waals surface area contributed by atoms with Crippen LogP contribution >= 0.6 is 0 Å². The average molecular weight is 147 g/mol. The second kappa shape index (κ2) is 22.9. The Kier molecular flexibility index (Phi) is 260. The zero-order valence-corrected chi connectivity index (χ0v) is 5.52. The molecule has 0 fully saturated rings. The zero-order valence-electron chi connectivity index (χ0n) is 1.67. The third-order valence-electron chi connectivity index (χ3n) is 0. The van der Waals surface area contributed by atoms with Crippen LogP contribution in [0, 0.1) is 0 Å². The molecule has 0 aliphatic carbocycles. The van der Waals surface area contributed by atoms with E-state index in [4.69, 9.17) is 0 Å². The molecule has 0 atom stereocenters. The van der Waals surface area contributed by atoms with Gasteiger partial charge in [0.05, 0.1) is 0 Å². The van der Waals surface area contributed by atoms with E-state index in [1.165, 1.54) is 0 Å². The maximum absolute atomic E-state index is 0. The van der Waals surface area contributed by atoms with E-state index in [2.05, 4.69) is 0 Å². The molecule has 0 amide bonds. The molecule has 0 aromatic rings. The molecule has 0 aliphatic rings. The molecule has 0 saturated heterocycles. The van der Waals surface area contributed by atoms with Crippen molar-refractivity contribution in [2.45, 2.75) is 0 Å². The monoisotopic (exact) mass is 147 g/mol. The Morgan fingerprint density at radius 2 is 0.500 bits per heavy atom. The second-order valence-electron chi connectivity index (χ2n) is 0. The van der Waals surface area contributed by atoms with Gasteiger partial charge in [-0.2, -0.15) is 0 Å². The van der Waals surface area contributed by atoms with Gasteiger partial charge >= 0.3 is 0 Å². The van der Waals surface area contributed by atoms with Crippen LogP contribution in [-0.4, -0.2) is 0 Å². The molecule has 0 saturated carbocycles. The minimum atomic E-state index is 0. The van der Waals surface area contributed by atoms with Crippen LogP contribution in [-0.2, 0) is 59.0 Å². The Morgan fingerprint density at radius 1 is 0.500 bits per heavy atom. The van der Waals surface area contributed by atoms with Crippen molar-refractivity contribution in [3.63, 3.8) is 0 Å². The molecule has 0 nitrogen and oxygen atoms in total. The van der Waals surface area contributed by atoms with Gasteiger partial charge in [-0.1, -0.05) is 0 Å². The molecule has 0 spiro atoms. The fraction of sp³-hybridized carbons (Fsp3) is 0. The molecule has 0 aromatic heterocycles. The molecule has 0 bridgehead atoms. The summed E-state index contributed by atoms with van der Waals surface area (Å²) in [6, 6.07) is 0. The van der Waals surface area contributed by atoms with Gasteiger partial charge in [0.2, 0.25) is 0 Å². The SMILES string of the molecule is [S-2].[S-2].[S-2].[V]. The first-order valence-corrected chi connectivity index (χ1v) is 0. The van der Waals surface area contributed by atoms with Gasteiger partial charge in [0.15, 0.2) is 0 Å². The fourth-order valence-electron chi connectivity index (χ4n) is 0. The molecule has 0 aromatic carbocycles. The molecule has 0 heterocycles. The van der Waals surface area contributed by atoms with Crippen molar-refractivity contribution in [2.75, 3.05) is 0 Å². The molecule has 0 rings (SSSR count). The zero-order chi connectivity index (χ0) is 0. The van der Waals surface area contributed by atoms with Gasteiger partial charge in [-0.05, 0) is 0 Å². The molecule has 4 heavy (non-hydrogen) atoms. The van der Waals surface area contributed by atoms with Gasteiger partial charge in [0.1, 0.15) is 0 Å². The minimum absolute atomic E-state index is 0. The van der Waals surface area contributed by atoms with Crippen molar-refractivity contribution >= 4 is 40.5 Å². The molecule has 4 heteroatoms. The predicted octanol–water partition coefficient (Wildman–Crippen LogP) is -0.00970. The Morgan fingerprint density at radius 3 is 0.500 bits per heavy atom. The standard InChI is InChI=1S/3S.V/q3*-2;. The van der Waals surface area contributed by atoms with E-state index in [0.29, 0.717) is 0 Å². The third kappa shape index (κ3) is 9.44. The number of rotatable bonds is 0. The first-order valence-electron chi connectivity index (χ1n) is 0. The van der Waals surface area contributed by atoms with Crippen LogP contribution in [0.15, 0.2) is 0 Å². The van der Waals surface area contributed by atoms with Crippen molar-refractivity contribution in [2.24, 2.45) is 0 Å². The Labute approximate surface area is 59.0 Å². The maximum Gasteiger partial charge on any atom is 0 e. The van der Waals surface area contributed by atoms with Crippen LogP contribution in [0.25, 0.3) is 0 Å². The van der Waals surface area contributed by atoms with E-state index in [9.17, 15) is 0 Å². The van der Waals surface area contributed by atoms with E-state index in [-0.39, 0.29) is 59.0 Å². The molecule has 0 N–H and O–H groups in total. The van der Waals surface area contributed by atoms with Crippen molar-refractivity contribution < 1.29 is 18.6 Å². The van der Waals surface area contributed by atoms with E-state index >= 15 is 0 Å². The minimum Gasteiger partial charge on any atom is -2.00 e. The molecule has 0 aliphatic heterocycles. The average Bonchev–Trinajstić information content (AvgIpc) is 0. The molecule has 1 radical (unpaired) electrons. The van der Waals surface area contributed by atoms with Gasteiger partial charge in [-0.25, -0.2) is 0 Å². The molecular formula is S3V-6. The largest absolute Gasteiger partial charge is 2.00 e. The molecule has 0 unspecified atom stereocenters. The van der Waals surface area contributed by atoms with E-state index in [1.54, 1.807) is 0 Å². The summed E-state index contributed by atoms with van der Waals surface area (Å²) in [6.45, 7) is 0. The fourth-order valence-corrected chi connectivity index (χ4v) is 0. The quantitative estimate of drug-likeness (QED) is 0.452. The first-order chi connectivity index (χ1) is 0. The summed E-state index contributed by atoms with van der Waals surface area (Å²) >= 11 is 0. The van der Waals surface area contributed by atoms with Crippen molar-refractivity contribution in [3.8, 4) is 0 Å². The van der Waals surface area contributed by atoms with Gasteiger partial charge in [0.25, 0.3) is 0 Å². The normalized spacial score (nSPS) is 0. The molecular weight excluding hydrogens is 147 g/mol. The summed E-state index contributed by atoms with van der Waals surface area (Å²) < 4.78 is 0. The summed E-state index contributed by atoms with van der Waals surface area (Å²) in [7, 11) is 0. The van der Waals surface area contributed by atoms with Gasteiger partial charge in [-0.3, -0.25) is 0 Å². The van der Waals surface area contributed by atoms with Crippen molar-refractivity contribution in [3.05, 3.63) is 0 Å². The summed E-state index contributed by atoms with van der Waals surface area (Å²) in [4.78, 5) is 0. The van der Waals surface area contributed by atoms with Gasteiger partial charge in [0, 0.05) is 18.6 Å². The second-order valence-corrected chi connectivity index (χ2v) is 0. The van der Waals surface area contributed by atoms with Crippen molar-refractivity contribution in [1.29, 1.82) is 0 Å². The predicted molar refractivity (Wildman–Crippen MR) is 22.1 cm³/mol. The van der Waals surface area contributed by atoms with Crippen LogP contribution in [0.4, 0.5) is 0 Å². The Bertz CT molecular complexity index is 3.25.